The Kier molecular flexibility index (Phi) is 3.12. The number of rotatable bonds is 4. The van der Waals surface area contributed by atoms with Gasteiger partial charge in [-0.3, -0.25) is 0 Å². The van der Waals surface area contributed by atoms with Gasteiger partial charge in [0.05, 0.1) is 6.26 Å². The normalized spacial score (nSPS) is 21.7. The van der Waals surface area contributed by atoms with Gasteiger partial charge >= 0.3 is 0 Å². The lowest BCUT2D eigenvalue weighted by Gasteiger charge is -2.23. The second-order valence-electron chi connectivity index (χ2n) is 6.10. The summed E-state index contributed by atoms with van der Waals surface area (Å²) in [6, 6.07) is 11.5. The smallest absolute Gasteiger partial charge is 0.108 e. The fourth-order valence-electron chi connectivity index (χ4n) is 3.42. The lowest BCUT2D eigenvalue weighted by atomic mass is 9.93. The molecule has 2 nitrogen and oxygen atoms in total. The SMILES string of the molecule is c1ccc(C2CC2)c(CNC2CCCc3occc32)c1. The van der Waals surface area contributed by atoms with Crippen LogP contribution in [0.25, 0.3) is 0 Å². The quantitative estimate of drug-likeness (QED) is 0.892. The molecular formula is C18H21NO. The van der Waals surface area contributed by atoms with E-state index in [-0.39, 0.29) is 0 Å². The molecule has 1 atom stereocenters. The summed E-state index contributed by atoms with van der Waals surface area (Å²) in [5.74, 6) is 2.01. The fraction of sp³-hybridized carbons (Fsp3) is 0.444. The van der Waals surface area contributed by atoms with Crippen LogP contribution in [0.2, 0.25) is 0 Å². The predicted molar refractivity (Wildman–Crippen MR) is 79.6 cm³/mol. The van der Waals surface area contributed by atoms with E-state index in [0.29, 0.717) is 6.04 Å². The van der Waals surface area contributed by atoms with Crippen molar-refractivity contribution >= 4 is 0 Å². The second-order valence-corrected chi connectivity index (χ2v) is 6.10. The first-order chi connectivity index (χ1) is 9.92. The molecule has 0 amide bonds. The highest BCUT2D eigenvalue weighted by Crippen LogP contribution is 2.41. The number of hydrogen-bond donors (Lipinski definition) is 1. The molecule has 1 unspecified atom stereocenters. The molecule has 1 aromatic carbocycles. The Morgan fingerprint density at radius 2 is 1.95 bits per heavy atom. The van der Waals surface area contributed by atoms with Crippen molar-refractivity contribution in [3.05, 3.63) is 59.0 Å². The number of hydrogen-bond acceptors (Lipinski definition) is 2. The first kappa shape index (κ1) is 12.2. The summed E-state index contributed by atoms with van der Waals surface area (Å²) in [6.45, 7) is 0.974. The highest BCUT2D eigenvalue weighted by molar-refractivity contribution is 5.33. The van der Waals surface area contributed by atoms with E-state index in [9.17, 15) is 0 Å². The molecular weight excluding hydrogens is 246 g/mol. The Hall–Kier alpha value is -1.54. The van der Waals surface area contributed by atoms with Crippen LogP contribution in [0.1, 0.15) is 60.1 Å². The van der Waals surface area contributed by atoms with Crippen LogP contribution in [-0.4, -0.2) is 0 Å². The molecule has 0 spiro atoms. The molecule has 0 aliphatic heterocycles. The van der Waals surface area contributed by atoms with Crippen LogP contribution in [0.4, 0.5) is 0 Å². The van der Waals surface area contributed by atoms with E-state index < -0.39 is 0 Å². The molecule has 1 N–H and O–H groups in total. The highest BCUT2D eigenvalue weighted by atomic mass is 16.3. The number of aryl methyl sites for hydroxylation is 1. The largest absolute Gasteiger partial charge is 0.469 e. The van der Waals surface area contributed by atoms with Crippen LogP contribution in [0.5, 0.6) is 0 Å². The van der Waals surface area contributed by atoms with E-state index in [0.717, 1.165) is 18.9 Å². The van der Waals surface area contributed by atoms with Gasteiger partial charge in [0.2, 0.25) is 0 Å². The van der Waals surface area contributed by atoms with Crippen molar-refractivity contribution in [2.45, 2.75) is 50.6 Å². The van der Waals surface area contributed by atoms with Crippen LogP contribution in [0, 0.1) is 0 Å². The van der Waals surface area contributed by atoms with Gasteiger partial charge in [-0.1, -0.05) is 24.3 Å². The molecule has 2 heteroatoms. The van der Waals surface area contributed by atoms with Crippen LogP contribution in [0.3, 0.4) is 0 Å². The molecule has 0 radical (unpaired) electrons. The zero-order valence-electron chi connectivity index (χ0n) is 11.8. The van der Waals surface area contributed by atoms with E-state index >= 15 is 0 Å². The lowest BCUT2D eigenvalue weighted by Crippen LogP contribution is -2.24. The monoisotopic (exact) mass is 267 g/mol. The Morgan fingerprint density at radius 1 is 1.05 bits per heavy atom. The van der Waals surface area contributed by atoms with Crippen molar-refractivity contribution in [2.75, 3.05) is 0 Å². The number of benzene rings is 1. The molecule has 2 aliphatic rings. The van der Waals surface area contributed by atoms with Crippen molar-refractivity contribution in [3.8, 4) is 0 Å². The summed E-state index contributed by atoms with van der Waals surface area (Å²) in [7, 11) is 0. The molecule has 1 saturated carbocycles. The van der Waals surface area contributed by atoms with Crippen LogP contribution < -0.4 is 5.32 Å². The minimum Gasteiger partial charge on any atom is -0.469 e. The van der Waals surface area contributed by atoms with Gasteiger partial charge in [0, 0.05) is 24.6 Å². The fourth-order valence-corrected chi connectivity index (χ4v) is 3.42. The van der Waals surface area contributed by atoms with Gasteiger partial charge in [0.1, 0.15) is 5.76 Å². The summed E-state index contributed by atoms with van der Waals surface area (Å²) in [5.41, 5.74) is 4.41. The number of furan rings is 1. The summed E-state index contributed by atoms with van der Waals surface area (Å²) < 4.78 is 5.57. The van der Waals surface area contributed by atoms with Gasteiger partial charge < -0.3 is 9.73 Å². The average Bonchev–Trinajstić information content (AvgIpc) is 3.22. The van der Waals surface area contributed by atoms with Crippen molar-refractivity contribution in [1.82, 2.24) is 5.32 Å². The van der Waals surface area contributed by atoms with Crippen LogP contribution in [-0.2, 0) is 13.0 Å². The van der Waals surface area contributed by atoms with Gasteiger partial charge in [-0.05, 0) is 48.8 Å². The molecule has 1 aromatic heterocycles. The van der Waals surface area contributed by atoms with Crippen molar-refractivity contribution in [1.29, 1.82) is 0 Å². The summed E-state index contributed by atoms with van der Waals surface area (Å²) in [6.07, 6.45) is 8.11. The standard InChI is InChI=1S/C18H21NO/c1-2-5-15(13-8-9-13)14(4-1)12-19-17-6-3-7-18-16(17)10-11-20-18/h1-2,4-5,10-11,13,17,19H,3,6-9,12H2. The maximum atomic E-state index is 5.57. The number of fused-ring (bicyclic) bond motifs is 1. The molecule has 1 fully saturated rings. The van der Waals surface area contributed by atoms with Gasteiger partial charge in [-0.2, -0.15) is 0 Å². The Bertz CT molecular complexity index is 597. The van der Waals surface area contributed by atoms with E-state index in [4.69, 9.17) is 4.42 Å². The average molecular weight is 267 g/mol. The zero-order valence-corrected chi connectivity index (χ0v) is 11.8. The van der Waals surface area contributed by atoms with Crippen molar-refractivity contribution < 1.29 is 4.42 Å². The molecule has 0 bridgehead atoms. The molecule has 1 heterocycles. The minimum absolute atomic E-state index is 0.463. The van der Waals surface area contributed by atoms with Gasteiger partial charge in [0.15, 0.2) is 0 Å². The van der Waals surface area contributed by atoms with Gasteiger partial charge in [-0.15, -0.1) is 0 Å². The minimum atomic E-state index is 0.463. The molecule has 2 aliphatic carbocycles. The van der Waals surface area contributed by atoms with Crippen molar-refractivity contribution in [2.24, 2.45) is 0 Å². The Balaban J connectivity index is 1.49. The molecule has 4 rings (SSSR count). The third-order valence-electron chi connectivity index (χ3n) is 4.66. The van der Waals surface area contributed by atoms with Gasteiger partial charge in [0.25, 0.3) is 0 Å². The maximum Gasteiger partial charge on any atom is 0.108 e. The number of nitrogens with one attached hydrogen (secondary N) is 1. The summed E-state index contributed by atoms with van der Waals surface area (Å²) in [5, 5.41) is 3.74. The second kappa shape index (κ2) is 5.10. The first-order valence-electron chi connectivity index (χ1n) is 7.79. The molecule has 0 saturated heterocycles. The third kappa shape index (κ3) is 2.29. The van der Waals surface area contributed by atoms with Gasteiger partial charge in [-0.25, -0.2) is 0 Å². The predicted octanol–water partition coefficient (Wildman–Crippen LogP) is 4.32. The Labute approximate surface area is 120 Å². The first-order valence-corrected chi connectivity index (χ1v) is 7.79. The van der Waals surface area contributed by atoms with Crippen molar-refractivity contribution in [3.63, 3.8) is 0 Å². The molecule has 2 aromatic rings. The zero-order chi connectivity index (χ0) is 13.4. The Morgan fingerprint density at radius 3 is 2.85 bits per heavy atom. The molecule has 104 valence electrons. The third-order valence-corrected chi connectivity index (χ3v) is 4.66. The summed E-state index contributed by atoms with van der Waals surface area (Å²) >= 11 is 0. The summed E-state index contributed by atoms with van der Waals surface area (Å²) in [4.78, 5) is 0. The van der Waals surface area contributed by atoms with E-state index in [1.807, 2.05) is 6.26 Å². The topological polar surface area (TPSA) is 25.2 Å². The van der Waals surface area contributed by atoms with Crippen LogP contribution in [0.15, 0.2) is 41.0 Å². The molecule has 20 heavy (non-hydrogen) atoms. The van der Waals surface area contributed by atoms with E-state index in [1.165, 1.54) is 42.6 Å². The maximum absolute atomic E-state index is 5.57. The van der Waals surface area contributed by atoms with E-state index in [1.54, 1.807) is 5.56 Å². The van der Waals surface area contributed by atoms with E-state index in [2.05, 4.69) is 35.6 Å². The highest BCUT2D eigenvalue weighted by Gasteiger charge is 2.26. The van der Waals surface area contributed by atoms with Crippen LogP contribution >= 0.6 is 0 Å². The lowest BCUT2D eigenvalue weighted by molar-refractivity contribution is 0.410.